The SMILES string of the molecule is CC1(C)CCCN(C(=O)Nc2ccc(F)cc2)C1C(=O)O. The zero-order chi connectivity index (χ0) is 15.6. The monoisotopic (exact) mass is 294 g/mol. The molecule has 1 aliphatic rings. The van der Waals surface area contributed by atoms with Crippen LogP contribution >= 0.6 is 0 Å². The van der Waals surface area contributed by atoms with Crippen LogP contribution in [0.3, 0.4) is 0 Å². The van der Waals surface area contributed by atoms with Crippen molar-refractivity contribution in [1.29, 1.82) is 0 Å². The van der Waals surface area contributed by atoms with Crippen molar-refractivity contribution in [3.63, 3.8) is 0 Å². The first-order valence-corrected chi connectivity index (χ1v) is 6.87. The number of halogens is 1. The van der Waals surface area contributed by atoms with Crippen molar-refractivity contribution in [2.45, 2.75) is 32.7 Å². The minimum absolute atomic E-state index is 0.393. The van der Waals surface area contributed by atoms with Gasteiger partial charge < -0.3 is 15.3 Å². The van der Waals surface area contributed by atoms with Crippen LogP contribution in [0.5, 0.6) is 0 Å². The summed E-state index contributed by atoms with van der Waals surface area (Å²) in [7, 11) is 0. The van der Waals surface area contributed by atoms with E-state index in [9.17, 15) is 19.1 Å². The first-order valence-electron chi connectivity index (χ1n) is 6.87. The number of amides is 2. The molecule has 0 spiro atoms. The highest BCUT2D eigenvalue weighted by Gasteiger charge is 2.44. The van der Waals surface area contributed by atoms with Gasteiger partial charge >= 0.3 is 12.0 Å². The second-order valence-electron chi connectivity index (χ2n) is 5.96. The van der Waals surface area contributed by atoms with Crippen LogP contribution in [-0.4, -0.2) is 34.6 Å². The lowest BCUT2D eigenvalue weighted by Crippen LogP contribution is -2.57. The number of likely N-dealkylation sites (tertiary alicyclic amines) is 1. The molecule has 1 saturated heterocycles. The fraction of sp³-hybridized carbons (Fsp3) is 0.467. The Morgan fingerprint density at radius 2 is 1.95 bits per heavy atom. The average Bonchev–Trinajstić information content (AvgIpc) is 2.39. The van der Waals surface area contributed by atoms with E-state index in [-0.39, 0.29) is 0 Å². The summed E-state index contributed by atoms with van der Waals surface area (Å²) in [6.45, 7) is 4.10. The molecule has 1 atom stereocenters. The number of rotatable bonds is 2. The standard InChI is InChI=1S/C15H19FN2O3/c1-15(2)8-3-9-18(12(15)13(19)20)14(21)17-11-6-4-10(16)5-7-11/h4-7,12H,3,8-9H2,1-2H3,(H,17,21)(H,19,20). The number of benzene rings is 1. The van der Waals surface area contributed by atoms with Crippen LogP contribution in [0.25, 0.3) is 0 Å². The molecule has 1 fully saturated rings. The predicted molar refractivity (Wildman–Crippen MR) is 76.6 cm³/mol. The normalized spacial score (nSPS) is 20.9. The molecule has 6 heteroatoms. The number of aliphatic carboxylic acids is 1. The Hall–Kier alpha value is -2.11. The highest BCUT2D eigenvalue weighted by Crippen LogP contribution is 2.35. The van der Waals surface area contributed by atoms with Crippen LogP contribution in [-0.2, 0) is 4.79 Å². The lowest BCUT2D eigenvalue weighted by molar-refractivity contribution is -0.148. The van der Waals surface area contributed by atoms with Crippen LogP contribution in [0.15, 0.2) is 24.3 Å². The number of nitrogens with zero attached hydrogens (tertiary/aromatic N) is 1. The zero-order valence-electron chi connectivity index (χ0n) is 12.1. The molecular weight excluding hydrogens is 275 g/mol. The molecule has 5 nitrogen and oxygen atoms in total. The van der Waals surface area contributed by atoms with Crippen molar-refractivity contribution in [2.75, 3.05) is 11.9 Å². The lowest BCUT2D eigenvalue weighted by atomic mass is 9.76. The van der Waals surface area contributed by atoms with Crippen molar-refractivity contribution in [3.8, 4) is 0 Å². The Morgan fingerprint density at radius 3 is 2.52 bits per heavy atom. The molecule has 114 valence electrons. The van der Waals surface area contributed by atoms with Gasteiger partial charge in [-0.05, 0) is 42.5 Å². The maximum atomic E-state index is 12.8. The molecular formula is C15H19FN2O3. The first kappa shape index (κ1) is 15.3. The third-order valence-electron chi connectivity index (χ3n) is 3.86. The summed E-state index contributed by atoms with van der Waals surface area (Å²) < 4.78 is 12.8. The van der Waals surface area contributed by atoms with E-state index in [2.05, 4.69) is 5.32 Å². The van der Waals surface area contributed by atoms with Crippen molar-refractivity contribution in [1.82, 2.24) is 4.90 Å². The second kappa shape index (κ2) is 5.71. The van der Waals surface area contributed by atoms with Gasteiger partial charge in [-0.3, -0.25) is 0 Å². The molecule has 1 aromatic carbocycles. The number of hydrogen-bond donors (Lipinski definition) is 2. The van der Waals surface area contributed by atoms with Gasteiger partial charge in [0.1, 0.15) is 11.9 Å². The molecule has 2 N–H and O–H groups in total. The van der Waals surface area contributed by atoms with Gasteiger partial charge in [0, 0.05) is 12.2 Å². The van der Waals surface area contributed by atoms with Crippen LogP contribution < -0.4 is 5.32 Å². The Balaban J connectivity index is 2.16. The fourth-order valence-electron chi connectivity index (χ4n) is 2.81. The van der Waals surface area contributed by atoms with Crippen molar-refractivity contribution in [3.05, 3.63) is 30.1 Å². The molecule has 1 aromatic rings. The van der Waals surface area contributed by atoms with Crippen LogP contribution in [0.2, 0.25) is 0 Å². The first-order chi connectivity index (χ1) is 9.81. The molecule has 2 rings (SSSR count). The van der Waals surface area contributed by atoms with Gasteiger partial charge in [-0.25, -0.2) is 14.0 Å². The number of carbonyl (C=O) groups is 2. The van der Waals surface area contributed by atoms with Gasteiger partial charge in [-0.15, -0.1) is 0 Å². The van der Waals surface area contributed by atoms with E-state index in [0.29, 0.717) is 12.2 Å². The molecule has 1 aliphatic heterocycles. The molecule has 1 unspecified atom stereocenters. The molecule has 0 radical (unpaired) electrons. The van der Waals surface area contributed by atoms with Crippen LogP contribution in [0.4, 0.5) is 14.9 Å². The maximum Gasteiger partial charge on any atom is 0.327 e. The number of carboxylic acids is 1. The Kier molecular flexibility index (Phi) is 4.16. The van der Waals surface area contributed by atoms with Gasteiger partial charge in [0.25, 0.3) is 0 Å². The summed E-state index contributed by atoms with van der Waals surface area (Å²) in [4.78, 5) is 25.2. The van der Waals surface area contributed by atoms with Crippen LogP contribution in [0, 0.1) is 11.2 Å². The van der Waals surface area contributed by atoms with Gasteiger partial charge in [0.2, 0.25) is 0 Å². The minimum atomic E-state index is -1.01. The summed E-state index contributed by atoms with van der Waals surface area (Å²) in [6.07, 6.45) is 1.51. The minimum Gasteiger partial charge on any atom is -0.480 e. The smallest absolute Gasteiger partial charge is 0.327 e. The average molecular weight is 294 g/mol. The molecule has 0 aromatic heterocycles. The topological polar surface area (TPSA) is 69.6 Å². The Labute approximate surface area is 122 Å². The number of nitrogens with one attached hydrogen (secondary N) is 1. The summed E-state index contributed by atoms with van der Waals surface area (Å²) in [5, 5.41) is 12.0. The van der Waals surface area contributed by atoms with Gasteiger partial charge in [0.05, 0.1) is 0 Å². The predicted octanol–water partition coefficient (Wildman–Crippen LogP) is 2.93. The molecule has 21 heavy (non-hydrogen) atoms. The van der Waals surface area contributed by atoms with E-state index >= 15 is 0 Å². The van der Waals surface area contributed by atoms with Gasteiger partial charge in [-0.2, -0.15) is 0 Å². The van der Waals surface area contributed by atoms with Crippen molar-refractivity contribution >= 4 is 17.7 Å². The van der Waals surface area contributed by atoms with E-state index in [1.165, 1.54) is 29.2 Å². The summed E-state index contributed by atoms with van der Waals surface area (Å²) in [5.41, 5.74) is -0.0431. The van der Waals surface area contributed by atoms with Gasteiger partial charge in [0.15, 0.2) is 0 Å². The summed E-state index contributed by atoms with van der Waals surface area (Å²) in [6, 6.07) is 4.03. The van der Waals surface area contributed by atoms with E-state index in [1.54, 1.807) is 0 Å². The van der Waals surface area contributed by atoms with Gasteiger partial charge in [-0.1, -0.05) is 13.8 Å². The van der Waals surface area contributed by atoms with E-state index in [0.717, 1.165) is 12.8 Å². The number of carboxylic acid groups (broad SMARTS) is 1. The highest BCUT2D eigenvalue weighted by molar-refractivity contribution is 5.92. The molecule has 1 heterocycles. The van der Waals surface area contributed by atoms with Crippen molar-refractivity contribution < 1.29 is 19.1 Å². The van der Waals surface area contributed by atoms with E-state index in [4.69, 9.17) is 0 Å². The molecule has 2 amide bonds. The number of carbonyl (C=O) groups excluding carboxylic acids is 1. The summed E-state index contributed by atoms with van der Waals surface area (Å²) >= 11 is 0. The number of piperidine rings is 1. The maximum absolute atomic E-state index is 12.8. The number of hydrogen-bond acceptors (Lipinski definition) is 2. The Morgan fingerprint density at radius 1 is 1.33 bits per heavy atom. The van der Waals surface area contributed by atoms with Crippen molar-refractivity contribution in [2.24, 2.45) is 5.41 Å². The van der Waals surface area contributed by atoms with E-state index in [1.807, 2.05) is 13.8 Å². The third-order valence-corrected chi connectivity index (χ3v) is 3.86. The van der Waals surface area contributed by atoms with Crippen LogP contribution in [0.1, 0.15) is 26.7 Å². The number of anilines is 1. The molecule has 0 aliphatic carbocycles. The molecule has 0 saturated carbocycles. The lowest BCUT2D eigenvalue weighted by Gasteiger charge is -2.43. The Bertz CT molecular complexity index is 542. The summed E-state index contributed by atoms with van der Waals surface area (Å²) in [5.74, 6) is -1.40. The molecule has 0 bridgehead atoms. The number of urea groups is 1. The second-order valence-corrected chi connectivity index (χ2v) is 5.96. The van der Waals surface area contributed by atoms with E-state index < -0.39 is 29.3 Å². The highest BCUT2D eigenvalue weighted by atomic mass is 19.1. The quantitative estimate of drug-likeness (QED) is 0.881. The zero-order valence-corrected chi connectivity index (χ0v) is 12.1. The fourth-order valence-corrected chi connectivity index (χ4v) is 2.81. The third kappa shape index (κ3) is 3.32. The largest absolute Gasteiger partial charge is 0.480 e.